The summed E-state index contributed by atoms with van der Waals surface area (Å²) in [6.45, 7) is 31.3. The van der Waals surface area contributed by atoms with Crippen LogP contribution in [0.25, 0.3) is 44.4 Å². The second kappa shape index (κ2) is 32.4. The van der Waals surface area contributed by atoms with E-state index in [9.17, 15) is 33.6 Å². The number of rotatable bonds is 7. The lowest BCUT2D eigenvalue weighted by Crippen LogP contribution is -2.31. The van der Waals surface area contributed by atoms with E-state index in [4.69, 9.17) is 22.9 Å². The summed E-state index contributed by atoms with van der Waals surface area (Å²) in [5.74, 6) is 2.02. The Bertz CT molecular complexity index is 4380. The van der Waals surface area contributed by atoms with Crippen molar-refractivity contribution in [1.82, 2.24) is 96.8 Å². The molecule has 31 heteroatoms. The van der Waals surface area contributed by atoms with Crippen LogP contribution in [0.2, 0.25) is 0 Å². The molecular weight excluding hydrogens is 1160 g/mol. The molecule has 0 amide bonds. The van der Waals surface area contributed by atoms with Crippen LogP contribution in [0.3, 0.4) is 0 Å². The molecule has 0 saturated heterocycles. The number of H-pyrrole nitrogens is 4. The highest BCUT2D eigenvalue weighted by molar-refractivity contribution is 5.86. The quantitative estimate of drug-likeness (QED) is 0.0822. The number of nitrogens with two attached hydrogens (primary N) is 4. The van der Waals surface area contributed by atoms with Crippen LogP contribution < -0.4 is 62.2 Å². The lowest BCUT2D eigenvalue weighted by Gasteiger charge is -2.08. The molecule has 0 saturated carbocycles. The number of nitrogen functional groups attached to an aromatic ring is 4. The van der Waals surface area contributed by atoms with E-state index < -0.39 is 0 Å². The molecule has 0 bridgehead atoms. The highest BCUT2D eigenvalue weighted by Gasteiger charge is 2.13. The molecule has 11 aromatic rings. The van der Waals surface area contributed by atoms with Crippen molar-refractivity contribution in [1.29, 1.82) is 0 Å². The van der Waals surface area contributed by atoms with E-state index in [1.54, 1.807) is 51.0 Å². The predicted molar refractivity (Wildman–Crippen MR) is 356 cm³/mol. The summed E-state index contributed by atoms with van der Waals surface area (Å²) >= 11 is 0. The first-order valence-corrected chi connectivity index (χ1v) is 28.1. The van der Waals surface area contributed by atoms with Gasteiger partial charge < -0.3 is 46.2 Å². The first-order chi connectivity index (χ1) is 41.3. The molecule has 11 rings (SSSR count). The van der Waals surface area contributed by atoms with Crippen LogP contribution in [0.4, 0.5) is 23.4 Å². The number of fused-ring (bicyclic) bond motifs is 4. The van der Waals surface area contributed by atoms with Gasteiger partial charge in [0, 0.05) is 84.9 Å². The Morgan fingerprint density at radius 2 is 0.878 bits per heavy atom. The number of imidazole rings is 2. The van der Waals surface area contributed by atoms with Gasteiger partial charge in [-0.1, -0.05) is 14.9 Å². The van der Waals surface area contributed by atoms with Gasteiger partial charge in [-0.2, -0.15) is 9.97 Å². The number of nitrogens with zero attached hydrogens (tertiary/aromatic N) is 16. The summed E-state index contributed by atoms with van der Waals surface area (Å²) in [5, 5.41) is 1.50. The van der Waals surface area contributed by atoms with Crippen molar-refractivity contribution in [2.24, 2.45) is 0 Å². The highest BCUT2D eigenvalue weighted by Crippen LogP contribution is 2.21. The van der Waals surface area contributed by atoms with Crippen molar-refractivity contribution in [2.45, 2.75) is 168 Å². The van der Waals surface area contributed by atoms with E-state index in [-0.39, 0.29) is 96.1 Å². The van der Waals surface area contributed by atoms with Gasteiger partial charge in [0.25, 0.3) is 22.2 Å². The fraction of sp³-hybridized carbons (Fsp3) is 0.424. The molecule has 0 radical (unpaired) electrons. The van der Waals surface area contributed by atoms with Crippen LogP contribution in [0.1, 0.15) is 165 Å². The Morgan fingerprint density at radius 1 is 0.400 bits per heavy atom. The molecule has 486 valence electrons. The third kappa shape index (κ3) is 18.7. The van der Waals surface area contributed by atoms with E-state index in [2.05, 4.69) is 97.1 Å². The zero-order chi connectivity index (χ0) is 65.6. The average Bonchev–Trinajstić information content (AvgIpc) is 1.76. The third-order valence-electron chi connectivity index (χ3n) is 12.8. The molecule has 0 aliphatic heterocycles. The second-order valence-electron chi connectivity index (χ2n) is 21.9. The SMILES string of the molecule is C.C.CC(C)n1ccc(=O)[nH]c1=O.CC(C)n1ccc(N)nc1=O.CC(C)n1ccc2c(=O)[nH]c(N)nc21.CC(C)n1ccc2c(N)ncnc21.CC(C)n1cnc2c(N)ncnc21.Cc1cn(C(C)C)c(=O)[nH]c1=O.Cc1nc2c(ncn2C(C)C)c(=O)[nH]1. The first-order valence-electron chi connectivity index (χ1n) is 28.1. The molecular formula is C59H88N24O7. The second-order valence-corrected chi connectivity index (χ2v) is 21.9. The van der Waals surface area contributed by atoms with Gasteiger partial charge in [-0.25, -0.2) is 49.3 Å². The number of hydrogen-bond acceptors (Lipinski definition) is 20. The Labute approximate surface area is 518 Å². The van der Waals surface area contributed by atoms with Gasteiger partial charge >= 0.3 is 17.1 Å². The fourth-order valence-electron chi connectivity index (χ4n) is 8.17. The van der Waals surface area contributed by atoms with Crippen molar-refractivity contribution in [3.8, 4) is 0 Å². The van der Waals surface area contributed by atoms with Crippen molar-refractivity contribution in [3.05, 3.63) is 165 Å². The molecule has 0 spiro atoms. The van der Waals surface area contributed by atoms with E-state index in [0.717, 1.165) is 16.7 Å². The van der Waals surface area contributed by atoms with Crippen molar-refractivity contribution < 1.29 is 0 Å². The highest BCUT2D eigenvalue weighted by atomic mass is 16.2. The van der Waals surface area contributed by atoms with Crippen LogP contribution in [-0.2, 0) is 0 Å². The number of aryl methyl sites for hydroxylation is 2. The van der Waals surface area contributed by atoms with Gasteiger partial charge in [-0.05, 0) is 129 Å². The lowest BCUT2D eigenvalue weighted by atomic mass is 10.3. The molecule has 0 aliphatic rings. The number of anilines is 4. The summed E-state index contributed by atoms with van der Waals surface area (Å²) in [4.78, 5) is 123. The van der Waals surface area contributed by atoms with E-state index in [0.29, 0.717) is 62.8 Å². The minimum absolute atomic E-state index is 0. The Hall–Kier alpha value is -10.6. The minimum Gasteiger partial charge on any atom is -0.383 e. The molecule has 11 aromatic heterocycles. The monoisotopic (exact) mass is 1240 g/mol. The van der Waals surface area contributed by atoms with Crippen LogP contribution in [0.15, 0.2) is 114 Å². The summed E-state index contributed by atoms with van der Waals surface area (Å²) in [6.07, 6.45) is 14.9. The van der Waals surface area contributed by atoms with E-state index in [1.807, 2.05) is 101 Å². The smallest absolute Gasteiger partial charge is 0.349 e. The summed E-state index contributed by atoms with van der Waals surface area (Å²) in [7, 11) is 0. The van der Waals surface area contributed by atoms with Gasteiger partial charge in [0.2, 0.25) is 5.95 Å². The van der Waals surface area contributed by atoms with E-state index >= 15 is 0 Å². The molecule has 90 heavy (non-hydrogen) atoms. The van der Waals surface area contributed by atoms with Gasteiger partial charge in [0.1, 0.15) is 46.9 Å². The molecule has 0 atom stereocenters. The molecule has 12 N–H and O–H groups in total. The van der Waals surface area contributed by atoms with E-state index in [1.165, 1.54) is 38.6 Å². The van der Waals surface area contributed by atoms with Crippen molar-refractivity contribution in [3.63, 3.8) is 0 Å². The molecule has 0 aliphatic carbocycles. The average molecular weight is 1250 g/mol. The van der Waals surface area contributed by atoms with Gasteiger partial charge in [-0.15, -0.1) is 0 Å². The van der Waals surface area contributed by atoms with Gasteiger partial charge in [-0.3, -0.25) is 47.8 Å². The topological polar surface area (TPSA) is 437 Å². The maximum atomic E-state index is 11.5. The summed E-state index contributed by atoms with van der Waals surface area (Å²) < 4.78 is 12.3. The van der Waals surface area contributed by atoms with Crippen LogP contribution >= 0.6 is 0 Å². The number of aromatic amines is 4. The first kappa shape index (κ1) is 73.6. The number of hydrogen-bond donors (Lipinski definition) is 8. The molecule has 0 unspecified atom stereocenters. The Morgan fingerprint density at radius 3 is 1.42 bits per heavy atom. The largest absolute Gasteiger partial charge is 0.383 e. The van der Waals surface area contributed by atoms with Crippen LogP contribution in [0, 0.1) is 13.8 Å². The number of aromatic nitrogens is 20. The Kier molecular flexibility index (Phi) is 26.5. The standard InChI is InChI=1S/2C9H12N4O.C9H12N4.C8H11N5.C8H12N2O2.C7H11N3O.C7H10N2O2.2CH4/c1-5(2)13-4-10-7-8(13)11-6(3)12-9(7)14;1-5(2)13-4-3-6-7(13)11-9(10)12-8(6)14;1-6(2)13-4-3-7-8(10)11-5-12-9(7)13;1-5(2)13-4-12-6-7(9)10-3-11-8(6)13;1-5(2)10-4-6(3)7(11)9-8(10)12;1-5(2)10-4-3-6(8)9-7(10)11;1-5(2)9-4-3-6(10)8-7(9)11;;/h4-5H,1-3H3,(H,11,12,14);3-5H,1-2H3,(H3,10,11,12,14);3-6H,1-2H3,(H2,10,11,12);3-5H,1-2H3,(H2,9,10,11);4-5H,1-3H3,(H,9,11,12);3-5H,1-2H3,(H2,8,9,11);3-5H,1-2H3,(H,8,10,11);2*1H4. The lowest BCUT2D eigenvalue weighted by molar-refractivity contribution is 0.558. The van der Waals surface area contributed by atoms with Crippen molar-refractivity contribution in [2.75, 3.05) is 22.9 Å². The van der Waals surface area contributed by atoms with Crippen LogP contribution in [-0.4, -0.2) is 96.8 Å². The molecule has 0 fully saturated rings. The summed E-state index contributed by atoms with van der Waals surface area (Å²) in [6, 6.07) is 8.19. The maximum Gasteiger partial charge on any atom is 0.349 e. The van der Waals surface area contributed by atoms with Crippen molar-refractivity contribution >= 4 is 67.8 Å². The van der Waals surface area contributed by atoms with Gasteiger partial charge in [0.15, 0.2) is 22.6 Å². The third-order valence-corrected chi connectivity index (χ3v) is 12.8. The van der Waals surface area contributed by atoms with Gasteiger partial charge in [0.05, 0.1) is 23.4 Å². The normalized spacial score (nSPS) is 10.8. The zero-order valence-corrected chi connectivity index (χ0v) is 52.4. The maximum absolute atomic E-state index is 11.5. The predicted octanol–water partition coefficient (Wildman–Crippen LogP) is 6.70. The molecule has 11 heterocycles. The molecule has 0 aromatic carbocycles. The number of nitrogens with one attached hydrogen (secondary N) is 4. The minimum atomic E-state index is -0.355. The summed E-state index contributed by atoms with van der Waals surface area (Å²) in [5.41, 5.74) is 24.7. The Balaban J connectivity index is 0.000000274. The zero-order valence-electron chi connectivity index (χ0n) is 52.4. The molecule has 31 nitrogen and oxygen atoms in total. The van der Waals surface area contributed by atoms with Crippen LogP contribution in [0.5, 0.6) is 0 Å². The fourth-order valence-corrected chi connectivity index (χ4v) is 8.17.